The molecule has 1 fully saturated rings. The second kappa shape index (κ2) is 7.08. The summed E-state index contributed by atoms with van der Waals surface area (Å²) in [6.07, 6.45) is 4.34. The number of rotatable bonds is 4. The Balaban J connectivity index is 1.49. The highest BCUT2D eigenvalue weighted by Gasteiger charge is 2.25. The summed E-state index contributed by atoms with van der Waals surface area (Å²) in [5.74, 6) is 0.725. The number of carbonyl (C=O) groups is 1. The highest BCUT2D eigenvalue weighted by Crippen LogP contribution is 2.33. The molecule has 1 aliphatic heterocycles. The van der Waals surface area contributed by atoms with Crippen LogP contribution < -0.4 is 10.2 Å². The van der Waals surface area contributed by atoms with Crippen LogP contribution in [0.5, 0.6) is 0 Å². The molecule has 0 radical (unpaired) electrons. The van der Waals surface area contributed by atoms with Gasteiger partial charge in [0.2, 0.25) is 5.95 Å². The fourth-order valence-corrected chi connectivity index (χ4v) is 3.85. The van der Waals surface area contributed by atoms with Crippen molar-refractivity contribution in [3.05, 3.63) is 71.4 Å². The van der Waals surface area contributed by atoms with Gasteiger partial charge in [0, 0.05) is 41.2 Å². The molecule has 2 heterocycles. The highest BCUT2D eigenvalue weighted by molar-refractivity contribution is 6.04. The first kappa shape index (κ1) is 16.9. The van der Waals surface area contributed by atoms with E-state index in [0.29, 0.717) is 5.56 Å². The zero-order chi connectivity index (χ0) is 18.9. The number of amides is 1. The van der Waals surface area contributed by atoms with Gasteiger partial charge in [-0.15, -0.1) is 0 Å². The van der Waals surface area contributed by atoms with Crippen molar-refractivity contribution < 1.29 is 4.79 Å². The number of anilines is 2. The molecule has 1 N–H and O–H groups in total. The topological polar surface area (TPSA) is 58.1 Å². The summed E-state index contributed by atoms with van der Waals surface area (Å²) < 4.78 is 0. The number of fused-ring (bicyclic) bond motifs is 1. The molecule has 1 saturated heterocycles. The van der Waals surface area contributed by atoms with Gasteiger partial charge in [-0.2, -0.15) is 0 Å². The lowest BCUT2D eigenvalue weighted by Crippen LogP contribution is -2.38. The van der Waals surface area contributed by atoms with Crippen LogP contribution in [-0.2, 0) is 12.8 Å². The summed E-state index contributed by atoms with van der Waals surface area (Å²) >= 11 is 0. The van der Waals surface area contributed by atoms with Crippen molar-refractivity contribution in [3.8, 4) is 11.3 Å². The van der Waals surface area contributed by atoms with Crippen molar-refractivity contribution in [2.24, 2.45) is 0 Å². The van der Waals surface area contributed by atoms with Crippen LogP contribution in [0.25, 0.3) is 11.3 Å². The maximum atomic E-state index is 12.7. The van der Waals surface area contributed by atoms with Crippen molar-refractivity contribution in [2.75, 3.05) is 23.3 Å². The molecule has 0 saturated carbocycles. The second-order valence-electron chi connectivity index (χ2n) is 7.39. The molecule has 0 spiro atoms. The Hall–Kier alpha value is -3.21. The van der Waals surface area contributed by atoms with Gasteiger partial charge in [0.05, 0.1) is 5.69 Å². The number of aryl methyl sites for hydroxylation is 1. The maximum Gasteiger partial charge on any atom is 0.255 e. The Bertz CT molecular complexity index is 1030. The first-order chi connectivity index (χ1) is 13.8. The van der Waals surface area contributed by atoms with E-state index in [4.69, 9.17) is 9.97 Å². The van der Waals surface area contributed by atoms with Gasteiger partial charge >= 0.3 is 0 Å². The van der Waals surface area contributed by atoms with Crippen LogP contribution in [-0.4, -0.2) is 29.0 Å². The molecule has 0 unspecified atom stereocenters. The molecular formula is C23H22N4O. The van der Waals surface area contributed by atoms with Crippen molar-refractivity contribution in [1.29, 1.82) is 0 Å². The van der Waals surface area contributed by atoms with E-state index in [9.17, 15) is 4.79 Å². The number of hydrogen-bond donors (Lipinski definition) is 1. The van der Waals surface area contributed by atoms with Crippen LogP contribution in [0.3, 0.4) is 0 Å². The first-order valence-corrected chi connectivity index (χ1v) is 9.89. The van der Waals surface area contributed by atoms with Gasteiger partial charge in [-0.05, 0) is 49.9 Å². The number of hydrogen-bond acceptors (Lipinski definition) is 4. The molecule has 2 aliphatic rings. The van der Waals surface area contributed by atoms with E-state index in [0.717, 1.165) is 55.2 Å². The van der Waals surface area contributed by atoms with E-state index in [1.807, 2.05) is 54.6 Å². The Morgan fingerprint density at radius 2 is 1.79 bits per heavy atom. The van der Waals surface area contributed by atoms with Gasteiger partial charge in [-0.25, -0.2) is 9.97 Å². The Morgan fingerprint density at radius 3 is 2.57 bits per heavy atom. The van der Waals surface area contributed by atoms with E-state index >= 15 is 0 Å². The van der Waals surface area contributed by atoms with Crippen LogP contribution in [0, 0.1) is 0 Å². The summed E-state index contributed by atoms with van der Waals surface area (Å²) in [6.45, 7) is 2.05. The smallest absolute Gasteiger partial charge is 0.255 e. The summed E-state index contributed by atoms with van der Waals surface area (Å²) in [5.41, 5.74) is 5.82. The first-order valence-electron chi connectivity index (χ1n) is 9.89. The minimum Gasteiger partial charge on any atom is -0.341 e. The molecule has 2 aromatic carbocycles. The quantitative estimate of drug-likeness (QED) is 0.751. The number of benzene rings is 2. The SMILES string of the molecule is O=C(Nc1ccccc1)c1cccc(-c2nc(N3CCC3)nc3c2CCC3)c1. The molecule has 5 heteroatoms. The number of nitrogens with one attached hydrogen (secondary N) is 1. The molecule has 1 aliphatic carbocycles. The second-order valence-corrected chi connectivity index (χ2v) is 7.39. The minimum absolute atomic E-state index is 0.110. The van der Waals surface area contributed by atoms with Gasteiger partial charge in [0.15, 0.2) is 0 Å². The Labute approximate surface area is 164 Å². The normalized spacial score (nSPS) is 15.1. The molecule has 28 heavy (non-hydrogen) atoms. The third-order valence-electron chi connectivity index (χ3n) is 5.49. The number of carbonyl (C=O) groups excluding carboxylic acids is 1. The average Bonchev–Trinajstić information content (AvgIpc) is 3.15. The fourth-order valence-electron chi connectivity index (χ4n) is 3.85. The zero-order valence-electron chi connectivity index (χ0n) is 15.7. The molecule has 3 aromatic rings. The predicted octanol–water partition coefficient (Wildman–Crippen LogP) is 4.09. The van der Waals surface area contributed by atoms with Crippen molar-refractivity contribution in [3.63, 3.8) is 0 Å². The van der Waals surface area contributed by atoms with Crippen LogP contribution in [0.15, 0.2) is 54.6 Å². The molecule has 0 bridgehead atoms. The van der Waals surface area contributed by atoms with Crippen LogP contribution in [0.2, 0.25) is 0 Å². The minimum atomic E-state index is -0.110. The lowest BCUT2D eigenvalue weighted by Gasteiger charge is -2.31. The summed E-state index contributed by atoms with van der Waals surface area (Å²) in [6, 6.07) is 17.3. The van der Waals surface area contributed by atoms with E-state index in [1.165, 1.54) is 17.7 Å². The number of nitrogens with zero attached hydrogens (tertiary/aromatic N) is 3. The lowest BCUT2D eigenvalue weighted by molar-refractivity contribution is 0.102. The van der Waals surface area contributed by atoms with Gasteiger partial charge in [0.1, 0.15) is 0 Å². The predicted molar refractivity (Wildman–Crippen MR) is 111 cm³/mol. The summed E-state index contributed by atoms with van der Waals surface area (Å²) in [7, 11) is 0. The third kappa shape index (κ3) is 3.13. The summed E-state index contributed by atoms with van der Waals surface area (Å²) in [5, 5.41) is 2.96. The molecule has 140 valence electrons. The van der Waals surface area contributed by atoms with Gasteiger partial charge in [-0.3, -0.25) is 4.79 Å². The zero-order valence-corrected chi connectivity index (χ0v) is 15.7. The molecule has 5 nitrogen and oxygen atoms in total. The van der Waals surface area contributed by atoms with E-state index < -0.39 is 0 Å². The lowest BCUT2D eigenvalue weighted by atomic mass is 10.0. The fraction of sp³-hybridized carbons (Fsp3) is 0.261. The van der Waals surface area contributed by atoms with Crippen LogP contribution in [0.1, 0.15) is 34.5 Å². The number of para-hydroxylation sites is 1. The van der Waals surface area contributed by atoms with Gasteiger partial charge < -0.3 is 10.2 Å². The van der Waals surface area contributed by atoms with Crippen molar-refractivity contribution in [2.45, 2.75) is 25.7 Å². The molecule has 0 atom stereocenters. The molecular weight excluding hydrogens is 348 g/mol. The van der Waals surface area contributed by atoms with Crippen LogP contribution in [0.4, 0.5) is 11.6 Å². The van der Waals surface area contributed by atoms with E-state index in [-0.39, 0.29) is 5.91 Å². The highest BCUT2D eigenvalue weighted by atomic mass is 16.1. The Morgan fingerprint density at radius 1 is 0.929 bits per heavy atom. The molecule has 1 amide bonds. The van der Waals surface area contributed by atoms with Crippen molar-refractivity contribution >= 4 is 17.5 Å². The monoisotopic (exact) mass is 370 g/mol. The van der Waals surface area contributed by atoms with E-state index in [1.54, 1.807) is 0 Å². The van der Waals surface area contributed by atoms with Gasteiger partial charge in [-0.1, -0.05) is 30.3 Å². The average molecular weight is 370 g/mol. The van der Waals surface area contributed by atoms with Gasteiger partial charge in [0.25, 0.3) is 5.91 Å². The largest absolute Gasteiger partial charge is 0.341 e. The number of aromatic nitrogens is 2. The molecule has 5 rings (SSSR count). The third-order valence-corrected chi connectivity index (χ3v) is 5.49. The Kier molecular flexibility index (Phi) is 4.28. The van der Waals surface area contributed by atoms with Crippen molar-refractivity contribution in [1.82, 2.24) is 9.97 Å². The summed E-state index contributed by atoms with van der Waals surface area (Å²) in [4.78, 5) is 24.7. The molecule has 1 aromatic heterocycles. The van der Waals surface area contributed by atoms with E-state index in [2.05, 4.69) is 10.2 Å². The maximum absolute atomic E-state index is 12.7. The van der Waals surface area contributed by atoms with Crippen LogP contribution >= 0.6 is 0 Å². The standard InChI is InChI=1S/C23H22N4O/c28-22(24-18-9-2-1-3-10-18)17-8-4-7-16(15-17)21-19-11-5-12-20(19)25-23(26-21)27-13-6-14-27/h1-4,7-10,15H,5-6,11-14H2,(H,24,28).